The largest absolute Gasteiger partial charge is 0.496 e. The molecule has 0 unspecified atom stereocenters. The highest BCUT2D eigenvalue weighted by Gasteiger charge is 2.24. The molecule has 1 amide bonds. The first-order valence-corrected chi connectivity index (χ1v) is 8.88. The van der Waals surface area contributed by atoms with Gasteiger partial charge in [-0.2, -0.15) is 0 Å². The van der Waals surface area contributed by atoms with Crippen LogP contribution in [0.15, 0.2) is 66.7 Å². The Balaban J connectivity index is 1.98. The van der Waals surface area contributed by atoms with E-state index >= 15 is 0 Å². The van der Waals surface area contributed by atoms with Gasteiger partial charge in [0.05, 0.1) is 14.2 Å². The van der Waals surface area contributed by atoms with Crippen LogP contribution in [0.4, 0.5) is 0 Å². The van der Waals surface area contributed by atoms with Crippen molar-refractivity contribution >= 4 is 11.9 Å². The topological polar surface area (TPSA) is 109 Å². The molecule has 8 heteroatoms. The molecule has 0 aromatic heterocycles. The number of nitrogens with two attached hydrogens (primary N) is 1. The van der Waals surface area contributed by atoms with E-state index in [1.54, 1.807) is 36.4 Å². The molecule has 154 valence electrons. The van der Waals surface area contributed by atoms with Gasteiger partial charge in [-0.1, -0.05) is 30.3 Å². The van der Waals surface area contributed by atoms with Crippen molar-refractivity contribution in [3.05, 3.63) is 77.9 Å². The zero-order valence-electron chi connectivity index (χ0n) is 16.4. The SMILES string of the molecule is COc1cc(OC)c(C(=O)NN)c(OC(=O)c2ccccc2Oc2ccccc2)c1. The van der Waals surface area contributed by atoms with Gasteiger partial charge in [-0.15, -0.1) is 0 Å². The predicted octanol–water partition coefficient (Wildman–Crippen LogP) is 3.32. The summed E-state index contributed by atoms with van der Waals surface area (Å²) in [6, 6.07) is 18.5. The first kappa shape index (κ1) is 20.7. The molecule has 3 aromatic rings. The zero-order chi connectivity index (χ0) is 21.5. The Hall–Kier alpha value is -4.04. The van der Waals surface area contributed by atoms with Crippen LogP contribution in [0.5, 0.6) is 28.7 Å². The summed E-state index contributed by atoms with van der Waals surface area (Å²) in [6.07, 6.45) is 0. The van der Waals surface area contributed by atoms with Gasteiger partial charge >= 0.3 is 5.97 Å². The van der Waals surface area contributed by atoms with Crippen molar-refractivity contribution in [1.29, 1.82) is 0 Å². The number of hydrogen-bond donors (Lipinski definition) is 2. The van der Waals surface area contributed by atoms with E-state index in [1.165, 1.54) is 26.4 Å². The number of hydrazine groups is 1. The van der Waals surface area contributed by atoms with Gasteiger partial charge in [0.1, 0.15) is 34.1 Å². The van der Waals surface area contributed by atoms with Gasteiger partial charge in [0.2, 0.25) is 0 Å². The lowest BCUT2D eigenvalue weighted by Crippen LogP contribution is -2.31. The van der Waals surface area contributed by atoms with Crippen LogP contribution in [0.1, 0.15) is 20.7 Å². The molecule has 0 spiro atoms. The van der Waals surface area contributed by atoms with Gasteiger partial charge in [-0.25, -0.2) is 10.6 Å². The van der Waals surface area contributed by atoms with E-state index in [4.69, 9.17) is 24.8 Å². The van der Waals surface area contributed by atoms with E-state index < -0.39 is 11.9 Å². The lowest BCUT2D eigenvalue weighted by atomic mass is 10.1. The number of nitrogens with one attached hydrogen (secondary N) is 1. The van der Waals surface area contributed by atoms with Crippen molar-refractivity contribution in [1.82, 2.24) is 5.43 Å². The summed E-state index contributed by atoms with van der Waals surface area (Å²) in [7, 11) is 2.81. The second-order valence-electron chi connectivity index (χ2n) is 5.98. The van der Waals surface area contributed by atoms with E-state index in [-0.39, 0.29) is 22.6 Å². The molecular formula is C22H20N2O6. The Morgan fingerprint density at radius 1 is 0.800 bits per heavy atom. The fourth-order valence-electron chi connectivity index (χ4n) is 2.72. The maximum atomic E-state index is 12.9. The van der Waals surface area contributed by atoms with Crippen LogP contribution in [-0.2, 0) is 0 Å². The molecule has 3 N–H and O–H groups in total. The van der Waals surface area contributed by atoms with E-state index in [2.05, 4.69) is 0 Å². The van der Waals surface area contributed by atoms with Crippen LogP contribution in [0.2, 0.25) is 0 Å². The zero-order valence-corrected chi connectivity index (χ0v) is 16.4. The molecule has 0 aliphatic carbocycles. The van der Waals surface area contributed by atoms with Gasteiger partial charge in [0, 0.05) is 12.1 Å². The van der Waals surface area contributed by atoms with Crippen molar-refractivity contribution in [2.75, 3.05) is 14.2 Å². The summed E-state index contributed by atoms with van der Waals surface area (Å²) in [4.78, 5) is 25.2. The van der Waals surface area contributed by atoms with Crippen molar-refractivity contribution in [2.24, 2.45) is 5.84 Å². The number of esters is 1. The molecule has 0 saturated carbocycles. The van der Waals surface area contributed by atoms with Gasteiger partial charge in [-0.05, 0) is 24.3 Å². The van der Waals surface area contributed by atoms with Gasteiger partial charge in [-0.3, -0.25) is 10.2 Å². The van der Waals surface area contributed by atoms with Crippen molar-refractivity contribution in [2.45, 2.75) is 0 Å². The van der Waals surface area contributed by atoms with Crippen LogP contribution >= 0.6 is 0 Å². The highest BCUT2D eigenvalue weighted by Crippen LogP contribution is 2.35. The number of rotatable bonds is 7. The van der Waals surface area contributed by atoms with Crippen molar-refractivity contribution < 1.29 is 28.5 Å². The minimum atomic E-state index is -0.733. The number of ether oxygens (including phenoxy) is 4. The summed E-state index contributed by atoms with van der Waals surface area (Å²) in [5.74, 6) is 5.10. The van der Waals surface area contributed by atoms with E-state index in [9.17, 15) is 9.59 Å². The third-order valence-corrected chi connectivity index (χ3v) is 4.13. The van der Waals surface area contributed by atoms with Gasteiger partial charge in [0.25, 0.3) is 5.91 Å². The van der Waals surface area contributed by atoms with E-state index in [1.807, 2.05) is 23.6 Å². The van der Waals surface area contributed by atoms with Crippen LogP contribution in [-0.4, -0.2) is 26.1 Å². The molecule has 0 heterocycles. The second kappa shape index (κ2) is 9.44. The first-order chi connectivity index (χ1) is 14.6. The third kappa shape index (κ3) is 4.50. The predicted molar refractivity (Wildman–Crippen MR) is 109 cm³/mol. The molecule has 30 heavy (non-hydrogen) atoms. The average Bonchev–Trinajstić information content (AvgIpc) is 2.79. The molecule has 3 rings (SSSR count). The number of hydrogen-bond acceptors (Lipinski definition) is 7. The Bertz CT molecular complexity index is 1050. The molecule has 0 aliphatic rings. The molecule has 3 aromatic carbocycles. The van der Waals surface area contributed by atoms with Gasteiger partial charge in [0.15, 0.2) is 5.75 Å². The minimum absolute atomic E-state index is 0.0457. The number of carbonyl (C=O) groups is 2. The summed E-state index contributed by atoms with van der Waals surface area (Å²) in [6.45, 7) is 0. The van der Waals surface area contributed by atoms with Crippen molar-refractivity contribution in [3.63, 3.8) is 0 Å². The van der Waals surface area contributed by atoms with Crippen LogP contribution < -0.4 is 30.2 Å². The Kier molecular flexibility index (Phi) is 6.51. The standard InChI is InChI=1S/C22H20N2O6/c1-27-15-12-18(28-2)20(21(25)24-23)19(13-15)30-22(26)16-10-6-7-11-17(16)29-14-8-4-3-5-9-14/h3-13H,23H2,1-2H3,(H,24,25). The normalized spacial score (nSPS) is 10.1. The number of amides is 1. The van der Waals surface area contributed by atoms with Crippen LogP contribution in [0, 0.1) is 0 Å². The molecule has 0 fully saturated rings. The number of benzene rings is 3. The van der Waals surface area contributed by atoms with Crippen LogP contribution in [0.3, 0.4) is 0 Å². The van der Waals surface area contributed by atoms with Gasteiger partial charge < -0.3 is 18.9 Å². The second-order valence-corrected chi connectivity index (χ2v) is 5.98. The smallest absolute Gasteiger partial charge is 0.347 e. The summed E-state index contributed by atoms with van der Waals surface area (Å²) >= 11 is 0. The van der Waals surface area contributed by atoms with Crippen molar-refractivity contribution in [3.8, 4) is 28.7 Å². The molecule has 8 nitrogen and oxygen atoms in total. The molecule has 0 saturated heterocycles. The number of nitrogen functional groups attached to an aromatic ring is 1. The Morgan fingerprint density at radius 2 is 1.47 bits per heavy atom. The number of carbonyl (C=O) groups excluding carboxylic acids is 2. The lowest BCUT2D eigenvalue weighted by Gasteiger charge is -2.15. The average molecular weight is 408 g/mol. The first-order valence-electron chi connectivity index (χ1n) is 8.88. The fourth-order valence-corrected chi connectivity index (χ4v) is 2.72. The van der Waals surface area contributed by atoms with Crippen LogP contribution in [0.25, 0.3) is 0 Å². The summed E-state index contributed by atoms with van der Waals surface area (Å²) in [5.41, 5.74) is 2.14. The third-order valence-electron chi connectivity index (χ3n) is 4.13. The molecule has 0 radical (unpaired) electrons. The quantitative estimate of drug-likeness (QED) is 0.203. The lowest BCUT2D eigenvalue weighted by molar-refractivity contribution is 0.0728. The fraction of sp³-hybridized carbons (Fsp3) is 0.0909. The Morgan fingerprint density at radius 3 is 2.13 bits per heavy atom. The number of methoxy groups -OCH3 is 2. The molecule has 0 atom stereocenters. The monoisotopic (exact) mass is 408 g/mol. The highest BCUT2D eigenvalue weighted by molar-refractivity contribution is 6.02. The molecule has 0 bridgehead atoms. The maximum Gasteiger partial charge on any atom is 0.347 e. The summed E-state index contributed by atoms with van der Waals surface area (Å²) < 4.78 is 21.8. The maximum absolute atomic E-state index is 12.9. The molecule has 0 aliphatic heterocycles. The highest BCUT2D eigenvalue weighted by atomic mass is 16.5. The van der Waals surface area contributed by atoms with E-state index in [0.29, 0.717) is 17.2 Å². The number of para-hydroxylation sites is 2. The Labute approximate surface area is 173 Å². The van der Waals surface area contributed by atoms with E-state index in [0.717, 1.165) is 0 Å². The minimum Gasteiger partial charge on any atom is -0.496 e. The summed E-state index contributed by atoms with van der Waals surface area (Å²) in [5, 5.41) is 0. The molecular weight excluding hydrogens is 388 g/mol.